The molecule has 2 aromatic carbocycles. The summed E-state index contributed by atoms with van der Waals surface area (Å²) in [5.41, 5.74) is 0.0184. The molecule has 0 atom stereocenters. The topological polar surface area (TPSA) is 101 Å². The molecule has 0 radical (unpaired) electrons. The van der Waals surface area contributed by atoms with Gasteiger partial charge in [0.25, 0.3) is 5.91 Å². The molecule has 0 fully saturated rings. The first-order valence-electron chi connectivity index (χ1n) is 8.10. The smallest absolute Gasteiger partial charge is 0.260 e. The zero-order valence-electron chi connectivity index (χ0n) is 14.7. The summed E-state index contributed by atoms with van der Waals surface area (Å²) in [4.78, 5) is 12.1. The van der Waals surface area contributed by atoms with Crippen molar-refractivity contribution in [1.29, 1.82) is 0 Å². The second kappa shape index (κ2) is 8.49. The van der Waals surface area contributed by atoms with E-state index in [1.54, 1.807) is 6.92 Å². The number of aromatic nitrogens is 2. The van der Waals surface area contributed by atoms with E-state index in [-0.39, 0.29) is 16.6 Å². The molecular weight excluding hydrogens is 446 g/mol. The highest BCUT2D eigenvalue weighted by Gasteiger charge is 2.23. The van der Waals surface area contributed by atoms with Gasteiger partial charge in [0.15, 0.2) is 5.82 Å². The molecule has 3 rings (SSSR count). The predicted octanol–water partition coefficient (Wildman–Crippen LogP) is 3.69. The van der Waals surface area contributed by atoms with Crippen LogP contribution in [0.3, 0.4) is 0 Å². The van der Waals surface area contributed by atoms with Crippen molar-refractivity contribution in [2.24, 2.45) is 0 Å². The number of rotatable bonds is 6. The molecule has 1 aromatic heterocycles. The van der Waals surface area contributed by atoms with Gasteiger partial charge in [0.05, 0.1) is 15.5 Å². The van der Waals surface area contributed by atoms with Gasteiger partial charge in [-0.3, -0.25) is 10.1 Å². The minimum absolute atomic E-state index is 0.0461. The van der Waals surface area contributed by atoms with Gasteiger partial charge in [0.2, 0.25) is 15.2 Å². The Morgan fingerprint density at radius 1 is 1.17 bits per heavy atom. The Bertz CT molecular complexity index is 1170. The average Bonchev–Trinajstić information content (AvgIpc) is 3.12. The number of hydrogen-bond acceptors (Lipinski definition) is 6. The Morgan fingerprint density at radius 2 is 1.86 bits per heavy atom. The largest absolute Gasteiger partial charge is 0.296 e. The number of halogens is 3. The molecule has 1 heterocycles. The molecular formula is C17H13ClF2N4O3S2. The highest BCUT2D eigenvalue weighted by atomic mass is 35.5. The van der Waals surface area contributed by atoms with Gasteiger partial charge in [0.1, 0.15) is 10.8 Å². The van der Waals surface area contributed by atoms with Crippen LogP contribution < -0.4 is 10.0 Å². The van der Waals surface area contributed by atoms with Crippen LogP contribution in [-0.4, -0.2) is 31.1 Å². The SMILES string of the molecule is CCNS(=O)(=O)c1cc(Cl)c(F)c(C(=O)Nc2nnc(-c3ccc(F)cc3)s2)c1. The van der Waals surface area contributed by atoms with E-state index in [0.717, 1.165) is 23.5 Å². The Balaban J connectivity index is 1.88. The number of anilines is 1. The van der Waals surface area contributed by atoms with E-state index < -0.39 is 38.2 Å². The summed E-state index contributed by atoms with van der Waals surface area (Å²) >= 11 is 6.75. The fourth-order valence-corrected chi connectivity index (χ4v) is 4.43. The lowest BCUT2D eigenvalue weighted by Crippen LogP contribution is -2.24. The lowest BCUT2D eigenvalue weighted by Gasteiger charge is -2.09. The molecule has 0 aliphatic carbocycles. The molecule has 12 heteroatoms. The summed E-state index contributed by atoms with van der Waals surface area (Å²) in [5, 5.41) is 9.97. The summed E-state index contributed by atoms with van der Waals surface area (Å²) in [5.74, 6) is -2.42. The van der Waals surface area contributed by atoms with Crippen molar-refractivity contribution < 1.29 is 22.0 Å². The molecule has 7 nitrogen and oxygen atoms in total. The maximum absolute atomic E-state index is 14.3. The first kappa shape index (κ1) is 21.2. The van der Waals surface area contributed by atoms with E-state index in [9.17, 15) is 22.0 Å². The van der Waals surface area contributed by atoms with Crippen molar-refractivity contribution in [3.05, 3.63) is 58.6 Å². The monoisotopic (exact) mass is 458 g/mol. The molecule has 0 bridgehead atoms. The van der Waals surface area contributed by atoms with Crippen LogP contribution in [0.25, 0.3) is 10.6 Å². The van der Waals surface area contributed by atoms with Crippen molar-refractivity contribution in [1.82, 2.24) is 14.9 Å². The molecule has 29 heavy (non-hydrogen) atoms. The first-order chi connectivity index (χ1) is 13.7. The number of benzene rings is 2. The number of nitrogens with one attached hydrogen (secondary N) is 2. The van der Waals surface area contributed by atoms with Crippen LogP contribution in [-0.2, 0) is 10.0 Å². The fourth-order valence-electron chi connectivity index (χ4n) is 2.31. The second-order valence-corrected chi connectivity index (χ2v) is 8.79. The van der Waals surface area contributed by atoms with Crippen molar-refractivity contribution in [2.45, 2.75) is 11.8 Å². The van der Waals surface area contributed by atoms with E-state index in [0.29, 0.717) is 10.6 Å². The van der Waals surface area contributed by atoms with Crippen molar-refractivity contribution in [3.8, 4) is 10.6 Å². The van der Waals surface area contributed by atoms with Gasteiger partial charge in [-0.1, -0.05) is 29.9 Å². The first-order valence-corrected chi connectivity index (χ1v) is 10.8. The number of carbonyl (C=O) groups excluding carboxylic acids is 1. The van der Waals surface area contributed by atoms with Gasteiger partial charge in [-0.15, -0.1) is 10.2 Å². The molecule has 0 saturated carbocycles. The van der Waals surface area contributed by atoms with Gasteiger partial charge in [0, 0.05) is 12.1 Å². The summed E-state index contributed by atoms with van der Waals surface area (Å²) in [6.07, 6.45) is 0. The third-order valence-electron chi connectivity index (χ3n) is 3.63. The maximum atomic E-state index is 14.3. The van der Waals surface area contributed by atoms with Gasteiger partial charge >= 0.3 is 0 Å². The van der Waals surface area contributed by atoms with E-state index in [2.05, 4.69) is 20.2 Å². The average molecular weight is 459 g/mol. The van der Waals surface area contributed by atoms with Crippen molar-refractivity contribution in [2.75, 3.05) is 11.9 Å². The maximum Gasteiger partial charge on any atom is 0.260 e. The molecule has 0 unspecified atom stereocenters. The molecule has 0 saturated heterocycles. The summed E-state index contributed by atoms with van der Waals surface area (Å²) in [6.45, 7) is 1.68. The van der Waals surface area contributed by atoms with Crippen LogP contribution in [0.15, 0.2) is 41.3 Å². The quantitative estimate of drug-likeness (QED) is 0.586. The van der Waals surface area contributed by atoms with E-state index in [1.807, 2.05) is 0 Å². The Morgan fingerprint density at radius 3 is 2.52 bits per heavy atom. The third kappa shape index (κ3) is 4.75. The Kier molecular flexibility index (Phi) is 6.22. The van der Waals surface area contributed by atoms with Crippen molar-refractivity contribution in [3.63, 3.8) is 0 Å². The normalized spacial score (nSPS) is 11.4. The summed E-state index contributed by atoms with van der Waals surface area (Å²) in [6, 6.07) is 7.30. The number of nitrogens with zero attached hydrogens (tertiary/aromatic N) is 2. The van der Waals surface area contributed by atoms with Crippen LogP contribution in [0.5, 0.6) is 0 Å². The Hall–Kier alpha value is -2.47. The highest BCUT2D eigenvalue weighted by Crippen LogP contribution is 2.28. The Labute approximate surface area is 173 Å². The number of carbonyl (C=O) groups is 1. The van der Waals surface area contributed by atoms with Crippen molar-refractivity contribution >= 4 is 44.0 Å². The predicted molar refractivity (Wildman–Crippen MR) is 106 cm³/mol. The number of sulfonamides is 1. The minimum atomic E-state index is -3.95. The van der Waals surface area contributed by atoms with Gasteiger partial charge < -0.3 is 0 Å². The van der Waals surface area contributed by atoms with Crippen LogP contribution in [0.4, 0.5) is 13.9 Å². The summed E-state index contributed by atoms with van der Waals surface area (Å²) in [7, 11) is -3.95. The van der Waals surface area contributed by atoms with Gasteiger partial charge in [-0.25, -0.2) is 21.9 Å². The molecule has 0 aliphatic rings. The van der Waals surface area contributed by atoms with E-state index in [4.69, 9.17) is 11.6 Å². The number of amides is 1. The number of hydrogen-bond donors (Lipinski definition) is 2. The highest BCUT2D eigenvalue weighted by molar-refractivity contribution is 7.89. The molecule has 0 spiro atoms. The van der Waals surface area contributed by atoms with Crippen LogP contribution >= 0.6 is 22.9 Å². The molecule has 0 aliphatic heterocycles. The van der Waals surface area contributed by atoms with Crippen LogP contribution in [0.1, 0.15) is 17.3 Å². The third-order valence-corrected chi connectivity index (χ3v) is 6.32. The molecule has 152 valence electrons. The molecule has 3 aromatic rings. The van der Waals surface area contributed by atoms with Gasteiger partial charge in [-0.2, -0.15) is 0 Å². The lowest BCUT2D eigenvalue weighted by molar-refractivity contribution is 0.102. The lowest BCUT2D eigenvalue weighted by atomic mass is 10.2. The molecule has 2 N–H and O–H groups in total. The van der Waals surface area contributed by atoms with E-state index >= 15 is 0 Å². The van der Waals surface area contributed by atoms with Crippen LogP contribution in [0.2, 0.25) is 5.02 Å². The zero-order valence-corrected chi connectivity index (χ0v) is 17.1. The van der Waals surface area contributed by atoms with Gasteiger partial charge in [-0.05, 0) is 36.4 Å². The molecule has 1 amide bonds. The summed E-state index contributed by atoms with van der Waals surface area (Å²) < 4.78 is 53.9. The minimum Gasteiger partial charge on any atom is -0.296 e. The van der Waals surface area contributed by atoms with Crippen LogP contribution in [0, 0.1) is 11.6 Å². The standard InChI is InChI=1S/C17H13ClF2N4O3S2/c1-2-21-29(26,27)11-7-12(14(20)13(18)8-11)15(25)22-17-24-23-16(28-17)9-3-5-10(19)6-4-9/h3-8,21H,2H2,1H3,(H,22,24,25). The van der Waals surface area contributed by atoms with E-state index in [1.165, 1.54) is 24.3 Å². The second-order valence-electron chi connectivity index (χ2n) is 5.64. The zero-order chi connectivity index (χ0) is 21.2. The fraction of sp³-hybridized carbons (Fsp3) is 0.118.